The number of nitrogens with one attached hydrogen (secondary N) is 2. The number of aromatic carboxylic acids is 1. The number of ketones is 2. The van der Waals surface area contributed by atoms with Crippen molar-refractivity contribution in [1.82, 2.24) is 35.9 Å². The molecular weight excluding hydrogens is 1190 g/mol. The third-order valence-electron chi connectivity index (χ3n) is 13.9. The van der Waals surface area contributed by atoms with Crippen molar-refractivity contribution in [1.29, 1.82) is 0 Å². The molecule has 20 nitrogen and oxygen atoms in total. The largest absolute Gasteiger partial charge is 0.478 e. The van der Waals surface area contributed by atoms with Gasteiger partial charge in [-0.1, -0.05) is 59.3 Å². The van der Waals surface area contributed by atoms with Gasteiger partial charge in [-0.25, -0.2) is 4.79 Å². The standard InChI is InChI=1S/2C19H17N3O4.C18H13NO5.CH4.CH3.W/c2*1-22(2)19(25)11-3-5-12-10(9-11)4-7-14-16(12)17(21-26-14)13-6-8-15(23)20-18(13)24;20-11-3-5-13(14(21)8-11)17-16-12-4-1-10(18(22)23)7-9(12)2-6-15(16)24-19-17;;;/h2*3-5,7,9,13H,6,8H2,1-2H3,(H,20,23,24);1-2,4,6-7,13H,3,5,8H2,(H,22,23);1H4;1H3;/q;;;;-1;. The van der Waals surface area contributed by atoms with Crippen LogP contribution >= 0.6 is 0 Å². The predicted molar refractivity (Wildman–Crippen MR) is 288 cm³/mol. The molecule has 3 N–H and O–H groups in total. The second-order valence-electron chi connectivity index (χ2n) is 19.3. The zero-order valence-electron chi connectivity index (χ0n) is 42.8. The van der Waals surface area contributed by atoms with Gasteiger partial charge in [-0.3, -0.25) is 49.0 Å². The van der Waals surface area contributed by atoms with E-state index >= 15 is 0 Å². The first-order valence-corrected chi connectivity index (χ1v) is 24.3. The van der Waals surface area contributed by atoms with E-state index in [2.05, 4.69) is 26.1 Å². The predicted octanol–water partition coefficient (Wildman–Crippen LogP) is 8.57. The van der Waals surface area contributed by atoms with Crippen LogP contribution in [0.25, 0.3) is 65.2 Å². The molecule has 21 heteroatoms. The summed E-state index contributed by atoms with van der Waals surface area (Å²) in [6.45, 7) is 0. The second-order valence-corrected chi connectivity index (χ2v) is 19.3. The fraction of sp³-hybridized carbons (Fsp3) is 0.259. The fourth-order valence-electron chi connectivity index (χ4n) is 10.1. The van der Waals surface area contributed by atoms with E-state index in [1.165, 1.54) is 15.9 Å². The van der Waals surface area contributed by atoms with Crippen molar-refractivity contribution in [2.45, 2.75) is 70.1 Å². The van der Waals surface area contributed by atoms with E-state index in [0.29, 0.717) is 70.6 Å². The van der Waals surface area contributed by atoms with Crippen molar-refractivity contribution in [3.05, 3.63) is 132 Å². The number of aromatic nitrogens is 3. The average molecular weight is 1240 g/mol. The van der Waals surface area contributed by atoms with E-state index in [9.17, 15) is 43.2 Å². The van der Waals surface area contributed by atoms with Crippen LogP contribution in [0.3, 0.4) is 0 Å². The number of imide groups is 2. The molecule has 3 unspecified atom stereocenters. The average Bonchev–Trinajstić information content (AvgIpc) is 4.37. The number of Topliss-reactive ketones (excluding diaryl/α,β-unsaturated/α-hetero) is 2. The van der Waals surface area contributed by atoms with E-state index in [1.807, 2.05) is 36.4 Å². The van der Waals surface area contributed by atoms with Crippen LogP contribution in [0.5, 0.6) is 0 Å². The van der Waals surface area contributed by atoms with Gasteiger partial charge in [0.1, 0.15) is 28.6 Å². The molecule has 9 aromatic rings. The zero-order valence-corrected chi connectivity index (χ0v) is 45.8. The zero-order chi connectivity index (χ0) is 53.7. The summed E-state index contributed by atoms with van der Waals surface area (Å²) in [4.78, 5) is 110. The van der Waals surface area contributed by atoms with Gasteiger partial charge in [0.15, 0.2) is 16.7 Å². The number of hydrogen-bond donors (Lipinski definition) is 3. The summed E-state index contributed by atoms with van der Waals surface area (Å²) >= 11 is 0. The van der Waals surface area contributed by atoms with Gasteiger partial charge in [-0.05, 0) is 106 Å². The van der Waals surface area contributed by atoms with Gasteiger partial charge < -0.3 is 35.9 Å². The van der Waals surface area contributed by atoms with Crippen molar-refractivity contribution in [3.8, 4) is 0 Å². The number of carboxylic acid groups (broad SMARTS) is 1. The fourth-order valence-corrected chi connectivity index (χ4v) is 10.1. The number of hydrogen-bond acceptors (Lipinski definition) is 15. The minimum absolute atomic E-state index is 0. The first-order chi connectivity index (χ1) is 36.4. The molecule has 5 heterocycles. The van der Waals surface area contributed by atoms with Gasteiger partial charge in [0.25, 0.3) is 11.8 Å². The van der Waals surface area contributed by atoms with Gasteiger partial charge in [0.2, 0.25) is 23.6 Å². The van der Waals surface area contributed by atoms with Crippen LogP contribution in [0, 0.1) is 7.43 Å². The third-order valence-corrected chi connectivity index (χ3v) is 13.9. The molecule has 79 heavy (non-hydrogen) atoms. The normalized spacial score (nSPS) is 17.1. The summed E-state index contributed by atoms with van der Waals surface area (Å²) < 4.78 is 16.2. The van der Waals surface area contributed by atoms with Crippen molar-refractivity contribution in [2.75, 3.05) is 28.2 Å². The second kappa shape index (κ2) is 23.5. The molecule has 2 saturated heterocycles. The maximum absolute atomic E-state index is 12.2. The minimum atomic E-state index is -0.997. The summed E-state index contributed by atoms with van der Waals surface area (Å²) in [7, 11) is 6.82. The first-order valence-electron chi connectivity index (χ1n) is 24.3. The Morgan fingerprint density at radius 3 is 1.23 bits per heavy atom. The Hall–Kier alpha value is -8.77. The molecule has 1 aliphatic carbocycles. The molecule has 1 saturated carbocycles. The summed E-state index contributed by atoms with van der Waals surface area (Å²) in [5, 5.41) is 33.3. The van der Waals surface area contributed by atoms with Gasteiger partial charge >= 0.3 is 5.97 Å². The summed E-state index contributed by atoms with van der Waals surface area (Å²) in [6, 6.07) is 26.4. The molecule has 3 fully saturated rings. The molecule has 0 bridgehead atoms. The Morgan fingerprint density at radius 2 is 0.873 bits per heavy atom. The Balaban J connectivity index is 0.000000168. The molecule has 12 rings (SSSR count). The molecule has 0 radical (unpaired) electrons. The summed E-state index contributed by atoms with van der Waals surface area (Å²) in [5.41, 5.74) is 4.65. The molecule has 6 amide bonds. The topological polar surface area (TPSA) is 282 Å². The molecule has 3 aromatic heterocycles. The van der Waals surface area contributed by atoms with Crippen LogP contribution in [-0.4, -0.2) is 112 Å². The van der Waals surface area contributed by atoms with Crippen LogP contribution in [0.1, 0.15) is 118 Å². The van der Waals surface area contributed by atoms with Gasteiger partial charge in [0, 0.05) is 79.6 Å². The summed E-state index contributed by atoms with van der Waals surface area (Å²) in [6.07, 6.45) is 2.09. The number of carbonyl (C=O) groups excluding carboxylic acids is 8. The van der Waals surface area contributed by atoms with Crippen LogP contribution in [0.15, 0.2) is 105 Å². The van der Waals surface area contributed by atoms with E-state index in [4.69, 9.17) is 18.7 Å². The Labute approximate surface area is 465 Å². The van der Waals surface area contributed by atoms with E-state index in [1.54, 1.807) is 76.7 Å². The van der Waals surface area contributed by atoms with E-state index in [0.717, 1.165) is 48.5 Å². The smallest absolute Gasteiger partial charge is 0.335 e. The molecular formula is C58H54N7O13W-. The maximum atomic E-state index is 12.2. The number of carbonyl (C=O) groups is 9. The molecule has 406 valence electrons. The van der Waals surface area contributed by atoms with Crippen LogP contribution in [0.2, 0.25) is 0 Å². The number of carboxylic acids is 1. The van der Waals surface area contributed by atoms with E-state index in [-0.39, 0.29) is 108 Å². The number of benzene rings is 6. The molecule has 3 aliphatic rings. The third kappa shape index (κ3) is 11.2. The quantitative estimate of drug-likeness (QED) is 0.0798. The van der Waals surface area contributed by atoms with Gasteiger partial charge in [-0.2, -0.15) is 0 Å². The van der Waals surface area contributed by atoms with Gasteiger partial charge in [-0.15, -0.1) is 0 Å². The van der Waals surface area contributed by atoms with Crippen molar-refractivity contribution in [2.24, 2.45) is 0 Å². The Morgan fingerprint density at radius 1 is 0.519 bits per heavy atom. The Bertz CT molecular complexity index is 3800. The van der Waals surface area contributed by atoms with Crippen molar-refractivity contribution >= 4 is 118 Å². The number of nitrogens with zero attached hydrogens (tertiary/aromatic N) is 5. The number of rotatable bonds is 6. The maximum Gasteiger partial charge on any atom is 0.335 e. The van der Waals surface area contributed by atoms with E-state index < -0.39 is 23.7 Å². The summed E-state index contributed by atoms with van der Waals surface area (Å²) in [5.74, 6) is -4.08. The number of fused-ring (bicyclic) bond motifs is 9. The molecule has 6 aromatic carbocycles. The first kappa shape index (κ1) is 57.9. The molecule has 2 aliphatic heterocycles. The van der Waals surface area contributed by atoms with Crippen LogP contribution in [0.4, 0.5) is 0 Å². The minimum Gasteiger partial charge on any atom is -0.478 e. The monoisotopic (exact) mass is 1240 g/mol. The van der Waals surface area contributed by atoms with Crippen LogP contribution < -0.4 is 10.6 Å². The number of amides is 6. The number of piperidine rings is 2. The van der Waals surface area contributed by atoms with Crippen molar-refractivity contribution in [3.63, 3.8) is 0 Å². The van der Waals surface area contributed by atoms with Gasteiger partial charge in [0.05, 0.1) is 45.9 Å². The molecule has 3 atom stereocenters. The van der Waals surface area contributed by atoms with Crippen LogP contribution in [-0.2, 0) is 49.8 Å². The Kier molecular flexibility index (Phi) is 17.2. The SMILES string of the molecule is C.CN(C)C(=O)c1ccc2c(ccc3onc(C4CCC(=O)NC4=O)c32)c1.CN(C)C(=O)c1ccc2c(ccc3onc(C4CCC(=O)NC4=O)c32)c1.O=C1CCC(c2noc3ccc4cc(C(=O)O)ccc4c23)C(=O)C1.[CH3-].[W]. The van der Waals surface area contributed by atoms with Crippen molar-refractivity contribution < 1.29 is 82.9 Å². The molecule has 0 spiro atoms.